The van der Waals surface area contributed by atoms with E-state index < -0.39 is 5.25 Å². The van der Waals surface area contributed by atoms with Gasteiger partial charge in [-0.3, -0.25) is 14.9 Å². The van der Waals surface area contributed by atoms with Crippen molar-refractivity contribution in [2.24, 2.45) is 0 Å². The lowest BCUT2D eigenvalue weighted by molar-refractivity contribution is -0.119. The Hall–Kier alpha value is -2.96. The van der Waals surface area contributed by atoms with Gasteiger partial charge in [0.05, 0.1) is 6.61 Å². The smallest absolute Gasteiger partial charge is 0.286 e. The molecule has 3 aromatic carbocycles. The van der Waals surface area contributed by atoms with Crippen LogP contribution in [0, 0.1) is 0 Å². The van der Waals surface area contributed by atoms with Crippen LogP contribution in [0.5, 0.6) is 17.2 Å². The number of aryl methyl sites for hydroxylation is 2. The fourth-order valence-electron chi connectivity index (χ4n) is 4.18. The molecular weight excluding hydrogens is 494 g/mol. The van der Waals surface area contributed by atoms with Gasteiger partial charge >= 0.3 is 0 Å². The van der Waals surface area contributed by atoms with Gasteiger partial charge in [-0.1, -0.05) is 43.1 Å². The van der Waals surface area contributed by atoms with Gasteiger partial charge in [0, 0.05) is 5.02 Å². The quantitative estimate of drug-likeness (QED) is 0.244. The number of ether oxygens (including phenoxy) is 2. The number of thioether (sulfide) groups is 1. The van der Waals surface area contributed by atoms with E-state index in [4.69, 9.17) is 21.1 Å². The molecule has 2 amide bonds. The van der Waals surface area contributed by atoms with E-state index in [1.807, 2.05) is 54.6 Å². The highest BCUT2D eigenvalue weighted by Crippen LogP contribution is 2.35. The maximum absolute atomic E-state index is 11.9. The van der Waals surface area contributed by atoms with Crippen LogP contribution in [0.25, 0.3) is 0 Å². The van der Waals surface area contributed by atoms with Crippen LogP contribution < -0.4 is 14.8 Å². The number of carbonyl (C=O) groups excluding carboxylic acids is 2. The molecule has 5 nitrogen and oxygen atoms in total. The van der Waals surface area contributed by atoms with Crippen LogP contribution >= 0.6 is 23.4 Å². The molecular formula is C29H30ClNO4S. The average Bonchev–Trinajstić information content (AvgIpc) is 3.22. The fourth-order valence-corrected chi connectivity index (χ4v) is 5.13. The van der Waals surface area contributed by atoms with E-state index in [2.05, 4.69) is 24.4 Å². The molecule has 3 aromatic rings. The van der Waals surface area contributed by atoms with Crippen LogP contribution in [-0.2, 0) is 17.6 Å². The van der Waals surface area contributed by atoms with E-state index in [-0.39, 0.29) is 11.1 Å². The number of rotatable bonds is 12. The zero-order valence-corrected chi connectivity index (χ0v) is 21.9. The molecule has 1 atom stereocenters. The minimum Gasteiger partial charge on any atom is -0.494 e. The van der Waals surface area contributed by atoms with Crippen molar-refractivity contribution in [2.75, 3.05) is 6.61 Å². The average molecular weight is 524 g/mol. The van der Waals surface area contributed by atoms with Gasteiger partial charge in [0.1, 0.15) is 22.5 Å². The Kier molecular flexibility index (Phi) is 9.31. The summed E-state index contributed by atoms with van der Waals surface area (Å²) >= 11 is 6.97. The van der Waals surface area contributed by atoms with Crippen molar-refractivity contribution < 1.29 is 19.1 Å². The van der Waals surface area contributed by atoms with Crippen LogP contribution in [0.2, 0.25) is 5.02 Å². The Labute approximate surface area is 221 Å². The molecule has 1 N–H and O–H groups in total. The zero-order valence-electron chi connectivity index (χ0n) is 20.3. The van der Waals surface area contributed by atoms with Crippen molar-refractivity contribution in [1.82, 2.24) is 5.32 Å². The number of imide groups is 1. The van der Waals surface area contributed by atoms with Crippen LogP contribution in [0.1, 0.15) is 54.5 Å². The number of hydrogen-bond donors (Lipinski definition) is 1. The first-order valence-corrected chi connectivity index (χ1v) is 13.6. The van der Waals surface area contributed by atoms with Crippen LogP contribution in [0.4, 0.5) is 4.79 Å². The first-order chi connectivity index (χ1) is 17.5. The molecule has 1 fully saturated rings. The molecule has 1 saturated heterocycles. The maximum Gasteiger partial charge on any atom is 0.286 e. The minimum atomic E-state index is -0.499. The van der Waals surface area contributed by atoms with Gasteiger partial charge in [-0.2, -0.15) is 0 Å². The number of amides is 2. The Morgan fingerprint density at radius 1 is 0.861 bits per heavy atom. The summed E-state index contributed by atoms with van der Waals surface area (Å²) in [5, 5.41) is 2.22. The minimum absolute atomic E-state index is 0.269. The Morgan fingerprint density at radius 2 is 1.67 bits per heavy atom. The molecule has 0 radical (unpaired) electrons. The van der Waals surface area contributed by atoms with Crippen molar-refractivity contribution in [3.8, 4) is 17.2 Å². The van der Waals surface area contributed by atoms with E-state index in [0.29, 0.717) is 11.6 Å². The number of nitrogens with one attached hydrogen (secondary N) is 1. The zero-order chi connectivity index (χ0) is 25.3. The van der Waals surface area contributed by atoms with E-state index in [9.17, 15) is 9.59 Å². The molecule has 0 aliphatic carbocycles. The van der Waals surface area contributed by atoms with Crippen molar-refractivity contribution in [3.05, 3.63) is 88.4 Å². The van der Waals surface area contributed by atoms with Crippen molar-refractivity contribution in [1.29, 1.82) is 0 Å². The van der Waals surface area contributed by atoms with E-state index in [0.717, 1.165) is 73.1 Å². The molecule has 0 aromatic heterocycles. The van der Waals surface area contributed by atoms with Gasteiger partial charge in [0.25, 0.3) is 5.24 Å². The van der Waals surface area contributed by atoms with Crippen molar-refractivity contribution >= 4 is 34.5 Å². The topological polar surface area (TPSA) is 64.6 Å². The third kappa shape index (κ3) is 7.28. The van der Waals surface area contributed by atoms with Gasteiger partial charge in [-0.25, -0.2) is 0 Å². The summed E-state index contributed by atoms with van der Waals surface area (Å²) in [6.07, 6.45) is 6.22. The summed E-state index contributed by atoms with van der Waals surface area (Å²) in [4.78, 5) is 23.4. The summed E-state index contributed by atoms with van der Waals surface area (Å²) < 4.78 is 11.9. The largest absolute Gasteiger partial charge is 0.494 e. The number of hydrogen-bond acceptors (Lipinski definition) is 5. The van der Waals surface area contributed by atoms with Gasteiger partial charge in [0.2, 0.25) is 5.91 Å². The van der Waals surface area contributed by atoms with Crippen LogP contribution in [0.3, 0.4) is 0 Å². The molecule has 1 aliphatic rings. The van der Waals surface area contributed by atoms with E-state index in [1.54, 1.807) is 0 Å². The molecule has 188 valence electrons. The Bertz CT molecular complexity index is 1200. The lowest BCUT2D eigenvalue weighted by Crippen LogP contribution is -2.20. The van der Waals surface area contributed by atoms with Gasteiger partial charge in [-0.05, 0) is 109 Å². The summed E-state index contributed by atoms with van der Waals surface area (Å²) in [6.45, 7) is 2.81. The standard InChI is InChI=1S/C29H30ClNO4S/c1-2-7-21-18-26(35-24-15-12-23(30)13-16-24)14-11-20(21)8-4-3-5-17-34-25-10-6-9-22(19-25)27-28(32)31-29(33)36-27/h6,9-16,18-19,27H,2-5,7-8,17H2,1H3,(H,31,32,33). The Morgan fingerprint density at radius 3 is 2.42 bits per heavy atom. The normalized spacial score (nSPS) is 15.1. The maximum atomic E-state index is 11.9. The molecule has 1 aliphatic heterocycles. The monoisotopic (exact) mass is 523 g/mol. The lowest BCUT2D eigenvalue weighted by atomic mass is 9.98. The SMILES string of the molecule is CCCc1cc(Oc2ccc(Cl)cc2)ccc1CCCCCOc1cccc(C2SC(=O)NC2=O)c1. The first kappa shape index (κ1) is 26.1. The van der Waals surface area contributed by atoms with E-state index >= 15 is 0 Å². The van der Waals surface area contributed by atoms with Crippen LogP contribution in [-0.4, -0.2) is 17.8 Å². The predicted molar refractivity (Wildman–Crippen MR) is 145 cm³/mol. The summed E-state index contributed by atoms with van der Waals surface area (Å²) in [5.41, 5.74) is 3.49. The second kappa shape index (κ2) is 12.8. The van der Waals surface area contributed by atoms with Crippen molar-refractivity contribution in [2.45, 2.75) is 50.7 Å². The van der Waals surface area contributed by atoms with E-state index in [1.165, 1.54) is 11.1 Å². The second-order valence-electron chi connectivity index (χ2n) is 8.74. The number of halogens is 1. The van der Waals surface area contributed by atoms with Gasteiger partial charge in [0.15, 0.2) is 0 Å². The lowest BCUT2D eigenvalue weighted by Gasteiger charge is -2.13. The summed E-state index contributed by atoms with van der Waals surface area (Å²) in [6, 6.07) is 21.2. The molecule has 7 heteroatoms. The molecule has 1 unspecified atom stereocenters. The Balaban J connectivity index is 1.23. The fraction of sp³-hybridized carbons (Fsp3) is 0.310. The van der Waals surface area contributed by atoms with Crippen molar-refractivity contribution in [3.63, 3.8) is 0 Å². The third-order valence-corrected chi connectivity index (χ3v) is 7.24. The molecule has 36 heavy (non-hydrogen) atoms. The number of unbranched alkanes of at least 4 members (excludes halogenated alkanes) is 2. The first-order valence-electron chi connectivity index (χ1n) is 12.3. The van der Waals surface area contributed by atoms with Crippen LogP contribution in [0.15, 0.2) is 66.7 Å². The third-order valence-electron chi connectivity index (χ3n) is 5.95. The number of carbonyl (C=O) groups is 2. The molecule has 1 heterocycles. The highest BCUT2D eigenvalue weighted by molar-refractivity contribution is 8.15. The molecule has 0 saturated carbocycles. The highest BCUT2D eigenvalue weighted by atomic mass is 35.5. The highest BCUT2D eigenvalue weighted by Gasteiger charge is 2.33. The molecule has 0 bridgehead atoms. The van der Waals surface area contributed by atoms with Gasteiger partial charge < -0.3 is 9.47 Å². The molecule has 4 rings (SSSR count). The summed E-state index contributed by atoms with van der Waals surface area (Å²) in [5.74, 6) is 2.08. The predicted octanol–water partition coefficient (Wildman–Crippen LogP) is 7.90. The summed E-state index contributed by atoms with van der Waals surface area (Å²) in [7, 11) is 0. The second-order valence-corrected chi connectivity index (χ2v) is 10.3. The number of benzene rings is 3. The molecule has 0 spiro atoms. The van der Waals surface area contributed by atoms with Gasteiger partial charge in [-0.15, -0.1) is 0 Å².